The van der Waals surface area contributed by atoms with Gasteiger partial charge in [0.1, 0.15) is 17.3 Å². The van der Waals surface area contributed by atoms with Crippen molar-refractivity contribution in [3.05, 3.63) is 60.8 Å². The summed E-state index contributed by atoms with van der Waals surface area (Å²) < 4.78 is 7.32. The molecular formula is C23H26N10O. The summed E-state index contributed by atoms with van der Waals surface area (Å²) in [6, 6.07) is 9.33. The van der Waals surface area contributed by atoms with E-state index in [1.165, 1.54) is 0 Å². The average molecular weight is 459 g/mol. The zero-order valence-electron chi connectivity index (χ0n) is 18.9. The topological polar surface area (TPSA) is 119 Å². The second-order valence-electron chi connectivity index (χ2n) is 7.89. The highest BCUT2D eigenvalue weighted by molar-refractivity contribution is 5.58. The van der Waals surface area contributed by atoms with Crippen molar-refractivity contribution in [2.45, 2.75) is 13.5 Å². The summed E-state index contributed by atoms with van der Waals surface area (Å²) in [4.78, 5) is 24.6. The highest BCUT2D eigenvalue weighted by Crippen LogP contribution is 2.18. The maximum atomic E-state index is 5.40. The highest BCUT2D eigenvalue weighted by atomic mass is 16.5. The van der Waals surface area contributed by atoms with Crippen molar-refractivity contribution >= 4 is 23.3 Å². The van der Waals surface area contributed by atoms with Crippen molar-refractivity contribution in [1.82, 2.24) is 39.6 Å². The van der Waals surface area contributed by atoms with Gasteiger partial charge < -0.3 is 15.4 Å². The van der Waals surface area contributed by atoms with Crippen molar-refractivity contribution in [2.75, 3.05) is 43.5 Å². The van der Waals surface area contributed by atoms with Crippen LogP contribution in [0.25, 0.3) is 11.5 Å². The summed E-state index contributed by atoms with van der Waals surface area (Å²) in [5.41, 5.74) is 2.46. The molecule has 2 N–H and O–H groups in total. The smallest absolute Gasteiger partial charge is 0.229 e. The van der Waals surface area contributed by atoms with Crippen LogP contribution in [0.3, 0.4) is 0 Å². The van der Waals surface area contributed by atoms with E-state index in [0.717, 1.165) is 56.5 Å². The van der Waals surface area contributed by atoms with Crippen LogP contribution in [-0.2, 0) is 11.3 Å². The standard InChI is InChI=1S/C23H26N10O/c1-17-3-2-4-19(27-17)22-24-7-5-20(30-22)29-21-6-8-25-23(31-21)28-18-15-26-33(16-18)10-9-32-11-13-34-14-12-32/h2-8,15-16H,9-14H2,1H3,(H2,24,25,28,29,30,31). The predicted octanol–water partition coefficient (Wildman–Crippen LogP) is 2.65. The van der Waals surface area contributed by atoms with Gasteiger partial charge in [-0.05, 0) is 31.2 Å². The molecule has 1 aliphatic heterocycles. The summed E-state index contributed by atoms with van der Waals surface area (Å²) in [7, 11) is 0. The summed E-state index contributed by atoms with van der Waals surface area (Å²) in [6.07, 6.45) is 7.11. The van der Waals surface area contributed by atoms with Gasteiger partial charge in [0.25, 0.3) is 0 Å². The summed E-state index contributed by atoms with van der Waals surface area (Å²) in [6.45, 7) is 7.23. The van der Waals surface area contributed by atoms with E-state index in [0.29, 0.717) is 23.4 Å². The maximum Gasteiger partial charge on any atom is 0.229 e. The van der Waals surface area contributed by atoms with Crippen LogP contribution in [-0.4, -0.2) is 72.4 Å². The molecule has 0 aliphatic carbocycles. The highest BCUT2D eigenvalue weighted by Gasteiger charge is 2.11. The monoisotopic (exact) mass is 458 g/mol. The van der Waals surface area contributed by atoms with Crippen LogP contribution in [0.2, 0.25) is 0 Å². The lowest BCUT2D eigenvalue weighted by molar-refractivity contribution is 0.0360. The Morgan fingerprint density at radius 3 is 2.59 bits per heavy atom. The molecule has 0 atom stereocenters. The molecule has 0 spiro atoms. The van der Waals surface area contributed by atoms with E-state index in [1.807, 2.05) is 36.0 Å². The number of nitrogens with one attached hydrogen (secondary N) is 2. The van der Waals surface area contributed by atoms with Gasteiger partial charge in [0.05, 0.1) is 31.6 Å². The van der Waals surface area contributed by atoms with Crippen molar-refractivity contribution in [3.8, 4) is 11.5 Å². The average Bonchev–Trinajstić information content (AvgIpc) is 3.31. The SMILES string of the molecule is Cc1cccc(-c2nccc(Nc3ccnc(Nc4cnn(CCN5CCOCC5)c4)n3)n2)n1. The van der Waals surface area contributed by atoms with E-state index in [4.69, 9.17) is 4.74 Å². The van der Waals surface area contributed by atoms with E-state index in [2.05, 4.69) is 45.6 Å². The van der Waals surface area contributed by atoms with Gasteiger partial charge in [-0.2, -0.15) is 10.1 Å². The van der Waals surface area contributed by atoms with Crippen LogP contribution in [0.4, 0.5) is 23.3 Å². The van der Waals surface area contributed by atoms with E-state index < -0.39 is 0 Å². The number of nitrogens with zero attached hydrogens (tertiary/aromatic N) is 8. The lowest BCUT2D eigenvalue weighted by atomic mass is 10.3. The van der Waals surface area contributed by atoms with Crippen molar-refractivity contribution in [1.29, 1.82) is 0 Å². The van der Waals surface area contributed by atoms with Crippen molar-refractivity contribution in [3.63, 3.8) is 0 Å². The third kappa shape index (κ3) is 5.69. The molecule has 0 amide bonds. The normalized spacial score (nSPS) is 14.1. The van der Waals surface area contributed by atoms with Gasteiger partial charge in [0, 0.05) is 43.9 Å². The van der Waals surface area contributed by atoms with E-state index >= 15 is 0 Å². The number of hydrogen-bond acceptors (Lipinski definition) is 10. The van der Waals surface area contributed by atoms with Crippen LogP contribution < -0.4 is 10.6 Å². The molecule has 0 saturated carbocycles. The minimum Gasteiger partial charge on any atom is -0.379 e. The molecule has 11 heteroatoms. The molecule has 11 nitrogen and oxygen atoms in total. The van der Waals surface area contributed by atoms with Gasteiger partial charge in [0.15, 0.2) is 5.82 Å². The molecule has 34 heavy (non-hydrogen) atoms. The van der Waals surface area contributed by atoms with Gasteiger partial charge in [-0.15, -0.1) is 0 Å². The van der Waals surface area contributed by atoms with Crippen LogP contribution in [0, 0.1) is 6.92 Å². The van der Waals surface area contributed by atoms with E-state index in [9.17, 15) is 0 Å². The van der Waals surface area contributed by atoms with Gasteiger partial charge in [0.2, 0.25) is 5.95 Å². The minimum atomic E-state index is 0.465. The first-order valence-corrected chi connectivity index (χ1v) is 11.2. The van der Waals surface area contributed by atoms with E-state index in [-0.39, 0.29) is 0 Å². The van der Waals surface area contributed by atoms with Crippen LogP contribution in [0.5, 0.6) is 0 Å². The zero-order valence-corrected chi connectivity index (χ0v) is 18.9. The number of morpholine rings is 1. The number of anilines is 4. The van der Waals surface area contributed by atoms with Gasteiger partial charge in [-0.1, -0.05) is 6.07 Å². The Morgan fingerprint density at radius 1 is 0.912 bits per heavy atom. The second kappa shape index (κ2) is 10.3. The van der Waals surface area contributed by atoms with Gasteiger partial charge in [-0.3, -0.25) is 9.58 Å². The Morgan fingerprint density at radius 2 is 1.74 bits per heavy atom. The number of aryl methyl sites for hydroxylation is 1. The molecule has 174 valence electrons. The molecule has 5 heterocycles. The number of pyridine rings is 1. The van der Waals surface area contributed by atoms with Gasteiger partial charge in [-0.25, -0.2) is 19.9 Å². The third-order valence-electron chi connectivity index (χ3n) is 5.32. The molecule has 0 radical (unpaired) electrons. The molecule has 4 aromatic heterocycles. The quantitative estimate of drug-likeness (QED) is 0.408. The first-order chi connectivity index (χ1) is 16.7. The Labute approximate surface area is 197 Å². The number of aromatic nitrogens is 7. The van der Waals surface area contributed by atoms with Crippen molar-refractivity contribution < 1.29 is 4.74 Å². The lowest BCUT2D eigenvalue weighted by Gasteiger charge is -2.26. The van der Waals surface area contributed by atoms with Crippen molar-refractivity contribution in [2.24, 2.45) is 0 Å². The first kappa shape index (κ1) is 21.9. The summed E-state index contributed by atoms with van der Waals surface area (Å²) in [5, 5.41) is 10.9. The number of ether oxygens (including phenoxy) is 1. The van der Waals surface area contributed by atoms with Crippen LogP contribution in [0.1, 0.15) is 5.69 Å². The lowest BCUT2D eigenvalue weighted by Crippen LogP contribution is -2.38. The Balaban J connectivity index is 1.21. The summed E-state index contributed by atoms with van der Waals surface area (Å²) in [5.74, 6) is 2.24. The Hall–Kier alpha value is -3.96. The first-order valence-electron chi connectivity index (χ1n) is 11.2. The largest absolute Gasteiger partial charge is 0.379 e. The maximum absolute atomic E-state index is 5.40. The Bertz CT molecular complexity index is 1240. The number of rotatable bonds is 8. The van der Waals surface area contributed by atoms with E-state index in [1.54, 1.807) is 30.7 Å². The minimum absolute atomic E-state index is 0.465. The fourth-order valence-corrected chi connectivity index (χ4v) is 3.59. The second-order valence-corrected chi connectivity index (χ2v) is 7.89. The molecule has 0 aromatic carbocycles. The molecule has 1 aliphatic rings. The molecule has 0 bridgehead atoms. The number of hydrogen-bond donors (Lipinski definition) is 2. The molecule has 1 fully saturated rings. The molecule has 0 unspecified atom stereocenters. The molecule has 4 aromatic rings. The molecular weight excluding hydrogens is 432 g/mol. The van der Waals surface area contributed by atoms with Crippen LogP contribution in [0.15, 0.2) is 55.1 Å². The third-order valence-corrected chi connectivity index (χ3v) is 5.32. The molecule has 5 rings (SSSR count). The zero-order chi connectivity index (χ0) is 23.2. The fourth-order valence-electron chi connectivity index (χ4n) is 3.59. The predicted molar refractivity (Wildman–Crippen MR) is 128 cm³/mol. The van der Waals surface area contributed by atoms with Crippen LogP contribution >= 0.6 is 0 Å². The Kier molecular flexibility index (Phi) is 6.64. The molecule has 1 saturated heterocycles. The van der Waals surface area contributed by atoms with Gasteiger partial charge >= 0.3 is 0 Å². The fraction of sp³-hybridized carbons (Fsp3) is 0.304. The summed E-state index contributed by atoms with van der Waals surface area (Å²) >= 11 is 0.